The molecule has 0 amide bonds. The lowest BCUT2D eigenvalue weighted by Gasteiger charge is -2.27. The monoisotopic (exact) mass is 267 g/mol. The number of nitrogens with one attached hydrogen (secondary N) is 1. The fourth-order valence-electron chi connectivity index (χ4n) is 2.59. The van der Waals surface area contributed by atoms with Crippen LogP contribution in [-0.2, 0) is 7.05 Å². The van der Waals surface area contributed by atoms with E-state index in [1.807, 2.05) is 11.7 Å². The molecule has 1 heterocycles. The van der Waals surface area contributed by atoms with Crippen LogP contribution in [0.25, 0.3) is 0 Å². The molecule has 0 fully saturated rings. The van der Waals surface area contributed by atoms with E-state index in [2.05, 4.69) is 45.0 Å². The zero-order chi connectivity index (χ0) is 14.6. The Labute approximate surface area is 117 Å². The molecule has 0 radical (unpaired) electrons. The summed E-state index contributed by atoms with van der Waals surface area (Å²) in [5, 5.41) is 17.0. The Morgan fingerprint density at radius 1 is 1.37 bits per heavy atom. The third-order valence-electron chi connectivity index (χ3n) is 3.90. The van der Waals surface area contributed by atoms with Crippen LogP contribution in [0.4, 0.5) is 0 Å². The van der Waals surface area contributed by atoms with Gasteiger partial charge in [-0.2, -0.15) is 5.10 Å². The second kappa shape index (κ2) is 6.53. The predicted octanol–water partition coefficient (Wildman–Crippen LogP) is 2.49. The molecule has 4 heteroatoms. The molecule has 1 atom stereocenters. The molecule has 0 saturated carbocycles. The molecule has 0 aliphatic rings. The van der Waals surface area contributed by atoms with Crippen LogP contribution in [0.2, 0.25) is 0 Å². The molecule has 0 aliphatic carbocycles. The Balaban J connectivity index is 2.62. The number of rotatable bonds is 7. The van der Waals surface area contributed by atoms with Crippen molar-refractivity contribution in [2.45, 2.75) is 53.5 Å². The molecule has 110 valence electrons. The largest absolute Gasteiger partial charge is 0.396 e. The van der Waals surface area contributed by atoms with Gasteiger partial charge in [-0.25, -0.2) is 0 Å². The van der Waals surface area contributed by atoms with Gasteiger partial charge in [-0.05, 0) is 39.0 Å². The van der Waals surface area contributed by atoms with E-state index in [1.54, 1.807) is 0 Å². The van der Waals surface area contributed by atoms with Gasteiger partial charge < -0.3 is 10.4 Å². The summed E-state index contributed by atoms with van der Waals surface area (Å²) in [4.78, 5) is 0. The zero-order valence-electron chi connectivity index (χ0n) is 13.2. The van der Waals surface area contributed by atoms with Crippen LogP contribution in [0.3, 0.4) is 0 Å². The van der Waals surface area contributed by atoms with Gasteiger partial charge in [0.15, 0.2) is 0 Å². The maximum absolute atomic E-state index is 8.93. The first-order valence-corrected chi connectivity index (χ1v) is 7.13. The third kappa shape index (κ3) is 4.32. The number of aromatic nitrogens is 2. The van der Waals surface area contributed by atoms with Gasteiger partial charge in [-0.1, -0.05) is 13.8 Å². The molecule has 1 aromatic rings. The van der Waals surface area contributed by atoms with Gasteiger partial charge in [0.2, 0.25) is 0 Å². The van der Waals surface area contributed by atoms with Crippen LogP contribution < -0.4 is 5.32 Å². The molecule has 0 saturated heterocycles. The van der Waals surface area contributed by atoms with Crippen LogP contribution in [0.1, 0.15) is 56.6 Å². The van der Waals surface area contributed by atoms with Crippen molar-refractivity contribution in [3.63, 3.8) is 0 Å². The quantitative estimate of drug-likeness (QED) is 0.798. The van der Waals surface area contributed by atoms with Crippen molar-refractivity contribution in [2.24, 2.45) is 12.5 Å². The summed E-state index contributed by atoms with van der Waals surface area (Å²) in [7, 11) is 1.99. The minimum atomic E-state index is 0.209. The van der Waals surface area contributed by atoms with Gasteiger partial charge >= 0.3 is 0 Å². The third-order valence-corrected chi connectivity index (χ3v) is 3.90. The summed E-state index contributed by atoms with van der Waals surface area (Å²) in [6.07, 6.45) is 1.90. The number of hydrogen-bond donors (Lipinski definition) is 2. The highest BCUT2D eigenvalue weighted by Crippen LogP contribution is 2.25. The average Bonchev–Trinajstić information content (AvgIpc) is 2.58. The zero-order valence-corrected chi connectivity index (χ0v) is 13.2. The summed E-state index contributed by atoms with van der Waals surface area (Å²) in [5.74, 6) is 0. The number of nitrogens with zero attached hydrogens (tertiary/aromatic N) is 2. The summed E-state index contributed by atoms with van der Waals surface area (Å²) in [5.41, 5.74) is 3.85. The van der Waals surface area contributed by atoms with Crippen molar-refractivity contribution in [3.8, 4) is 0 Å². The van der Waals surface area contributed by atoms with Crippen LogP contribution in [0, 0.1) is 19.3 Å². The van der Waals surface area contributed by atoms with E-state index in [1.165, 1.54) is 11.3 Å². The molecule has 1 aromatic heterocycles. The molecule has 0 aliphatic heterocycles. The van der Waals surface area contributed by atoms with Crippen LogP contribution in [0.15, 0.2) is 0 Å². The van der Waals surface area contributed by atoms with Crippen molar-refractivity contribution in [3.05, 3.63) is 17.0 Å². The molecule has 0 bridgehead atoms. The van der Waals surface area contributed by atoms with Gasteiger partial charge in [0.05, 0.1) is 5.69 Å². The lowest BCUT2D eigenvalue weighted by atomic mass is 9.87. The highest BCUT2D eigenvalue weighted by molar-refractivity contribution is 5.27. The van der Waals surface area contributed by atoms with Gasteiger partial charge in [-0.15, -0.1) is 0 Å². The molecule has 2 N–H and O–H groups in total. The van der Waals surface area contributed by atoms with E-state index in [0.29, 0.717) is 6.04 Å². The summed E-state index contributed by atoms with van der Waals surface area (Å²) in [6.45, 7) is 12.1. The van der Waals surface area contributed by atoms with E-state index in [-0.39, 0.29) is 12.0 Å². The molecule has 0 spiro atoms. The molecule has 1 rings (SSSR count). The van der Waals surface area contributed by atoms with Crippen LogP contribution in [-0.4, -0.2) is 28.0 Å². The first kappa shape index (κ1) is 16.2. The molecule has 0 aromatic carbocycles. The fourth-order valence-corrected chi connectivity index (χ4v) is 2.59. The van der Waals surface area contributed by atoms with Gasteiger partial charge in [-0.3, -0.25) is 4.68 Å². The Kier molecular flexibility index (Phi) is 5.56. The van der Waals surface area contributed by atoms with E-state index in [9.17, 15) is 0 Å². The van der Waals surface area contributed by atoms with Gasteiger partial charge in [0, 0.05) is 37.5 Å². The summed E-state index contributed by atoms with van der Waals surface area (Å²) < 4.78 is 1.94. The summed E-state index contributed by atoms with van der Waals surface area (Å²) >= 11 is 0. The van der Waals surface area contributed by atoms with Crippen LogP contribution >= 0.6 is 0 Å². The Bertz CT molecular complexity index is 410. The lowest BCUT2D eigenvalue weighted by molar-refractivity contribution is 0.233. The van der Waals surface area contributed by atoms with E-state index < -0.39 is 0 Å². The van der Waals surface area contributed by atoms with E-state index >= 15 is 0 Å². The maximum atomic E-state index is 8.93. The second-order valence-electron chi connectivity index (χ2n) is 6.30. The maximum Gasteiger partial charge on any atom is 0.0644 e. The average molecular weight is 267 g/mol. The number of hydrogen-bond acceptors (Lipinski definition) is 3. The Morgan fingerprint density at radius 2 is 2.00 bits per heavy atom. The molecule has 4 nitrogen and oxygen atoms in total. The van der Waals surface area contributed by atoms with Gasteiger partial charge in [0.1, 0.15) is 0 Å². The van der Waals surface area contributed by atoms with Crippen molar-refractivity contribution in [1.82, 2.24) is 15.1 Å². The highest BCUT2D eigenvalue weighted by Gasteiger charge is 2.21. The predicted molar refractivity (Wildman–Crippen MR) is 79.2 cm³/mol. The molecule has 19 heavy (non-hydrogen) atoms. The molecular formula is C15H29N3O. The summed E-state index contributed by atoms with van der Waals surface area (Å²) in [6, 6.07) is 0.308. The first-order chi connectivity index (χ1) is 8.78. The molecule has 1 unspecified atom stereocenters. The minimum Gasteiger partial charge on any atom is -0.396 e. The second-order valence-corrected chi connectivity index (χ2v) is 6.30. The van der Waals surface area contributed by atoms with Crippen molar-refractivity contribution in [1.29, 1.82) is 0 Å². The van der Waals surface area contributed by atoms with Gasteiger partial charge in [0.25, 0.3) is 0 Å². The lowest BCUT2D eigenvalue weighted by Crippen LogP contribution is -2.32. The number of aliphatic hydroxyl groups excluding tert-OH is 1. The van der Waals surface area contributed by atoms with E-state index in [0.717, 1.165) is 25.1 Å². The molecular weight excluding hydrogens is 238 g/mol. The SMILES string of the molecule is Cc1nn(C)c(C)c1C(C)NCC(C)(C)CCCO. The number of aliphatic hydroxyl groups is 1. The topological polar surface area (TPSA) is 50.1 Å². The first-order valence-electron chi connectivity index (χ1n) is 7.13. The Hall–Kier alpha value is -0.870. The minimum absolute atomic E-state index is 0.209. The highest BCUT2D eigenvalue weighted by atomic mass is 16.2. The normalized spacial score (nSPS) is 13.8. The fraction of sp³-hybridized carbons (Fsp3) is 0.800. The van der Waals surface area contributed by atoms with Crippen molar-refractivity contribution >= 4 is 0 Å². The van der Waals surface area contributed by atoms with Crippen LogP contribution in [0.5, 0.6) is 0 Å². The van der Waals surface area contributed by atoms with E-state index in [4.69, 9.17) is 5.11 Å². The smallest absolute Gasteiger partial charge is 0.0644 e. The van der Waals surface area contributed by atoms with Crippen molar-refractivity contribution < 1.29 is 5.11 Å². The number of aryl methyl sites for hydroxylation is 2. The van der Waals surface area contributed by atoms with Crippen molar-refractivity contribution in [2.75, 3.05) is 13.2 Å². The Morgan fingerprint density at radius 3 is 2.47 bits per heavy atom. The standard InChI is InChI=1S/C15H29N3O/c1-11(14-12(2)17-18(6)13(14)3)16-10-15(4,5)8-7-9-19/h11,16,19H,7-10H2,1-6H3.